The second-order valence-corrected chi connectivity index (χ2v) is 8.84. The van der Waals surface area contributed by atoms with Crippen LogP contribution in [0.5, 0.6) is 0 Å². The van der Waals surface area contributed by atoms with Gasteiger partial charge >= 0.3 is 10.4 Å². The van der Waals surface area contributed by atoms with Crippen LogP contribution in [-0.4, -0.2) is 86.7 Å². The Morgan fingerprint density at radius 1 is 1.23 bits per heavy atom. The van der Waals surface area contributed by atoms with Crippen molar-refractivity contribution in [2.45, 2.75) is 36.3 Å². The zero-order valence-electron chi connectivity index (χ0n) is 16.2. The first-order chi connectivity index (χ1) is 14.6. The van der Waals surface area contributed by atoms with Crippen molar-refractivity contribution in [3.05, 3.63) is 36.0 Å². The molecule has 31 heavy (non-hydrogen) atoms. The van der Waals surface area contributed by atoms with Crippen LogP contribution in [0.2, 0.25) is 0 Å². The summed E-state index contributed by atoms with van der Waals surface area (Å²) >= 11 is 0.705. The van der Waals surface area contributed by atoms with Crippen molar-refractivity contribution in [1.82, 2.24) is 4.73 Å². The number of rotatable bonds is 7. The van der Waals surface area contributed by atoms with Gasteiger partial charge in [0.2, 0.25) is 0 Å². The predicted octanol–water partition coefficient (Wildman–Crippen LogP) is -1.09. The number of nitrogens with zero attached hydrogens (tertiary/aromatic N) is 2. The molecule has 14 heteroatoms. The van der Waals surface area contributed by atoms with Crippen molar-refractivity contribution in [3.63, 3.8) is 0 Å². The lowest BCUT2D eigenvalue weighted by Gasteiger charge is -2.39. The minimum absolute atomic E-state index is 0.0217. The van der Waals surface area contributed by atoms with E-state index in [4.69, 9.17) is 14.1 Å². The summed E-state index contributed by atoms with van der Waals surface area (Å²) in [5.74, 6) is 0. The molecular formula is C17H22N2O10S2. The molecule has 5 atom stereocenters. The minimum atomic E-state index is -4.91. The molecule has 172 valence electrons. The number of hydrogen-bond donors (Lipinski definition) is 5. The molecule has 0 spiro atoms. The quantitative estimate of drug-likeness (QED) is 0.141. The van der Waals surface area contributed by atoms with Gasteiger partial charge in [-0.2, -0.15) is 13.1 Å². The zero-order valence-corrected chi connectivity index (χ0v) is 17.8. The molecule has 2 heterocycles. The average molecular weight is 479 g/mol. The van der Waals surface area contributed by atoms with Gasteiger partial charge in [0.05, 0.1) is 12.1 Å². The van der Waals surface area contributed by atoms with E-state index < -0.39 is 46.9 Å². The third-order valence-corrected chi connectivity index (χ3v) is 6.01. The van der Waals surface area contributed by atoms with E-state index in [0.717, 1.165) is 10.9 Å². The highest BCUT2D eigenvalue weighted by molar-refractivity contribution is 8.14. The Kier molecular flexibility index (Phi) is 7.43. The van der Waals surface area contributed by atoms with E-state index in [1.54, 1.807) is 30.5 Å². The minimum Gasteiger partial charge on any atom is -0.417 e. The lowest BCUT2D eigenvalue weighted by Crippen LogP contribution is -2.57. The first kappa shape index (κ1) is 23.7. The Hall–Kier alpha value is -1.91. The molecule has 12 nitrogen and oxygen atoms in total. The normalized spacial score (nSPS) is 27.4. The number of fused-ring (bicyclic) bond motifs is 1. The molecule has 5 N–H and O–H groups in total. The molecule has 0 bridgehead atoms. The molecule has 2 aromatic rings. The van der Waals surface area contributed by atoms with E-state index >= 15 is 0 Å². The van der Waals surface area contributed by atoms with Crippen LogP contribution in [0.25, 0.3) is 10.9 Å². The predicted molar refractivity (Wildman–Crippen MR) is 110 cm³/mol. The van der Waals surface area contributed by atoms with Crippen molar-refractivity contribution in [1.29, 1.82) is 0 Å². The third kappa shape index (κ3) is 5.48. The number of benzene rings is 1. The molecule has 1 saturated heterocycles. The van der Waals surface area contributed by atoms with Gasteiger partial charge in [-0.25, -0.2) is 4.28 Å². The first-order valence-electron chi connectivity index (χ1n) is 8.98. The van der Waals surface area contributed by atoms with Gasteiger partial charge in [-0.05, 0) is 11.6 Å². The Morgan fingerprint density at radius 2 is 1.94 bits per heavy atom. The molecule has 0 unspecified atom stereocenters. The molecule has 1 aliphatic rings. The summed E-state index contributed by atoms with van der Waals surface area (Å²) in [5, 5.41) is 43.7. The van der Waals surface area contributed by atoms with Crippen LogP contribution in [0.4, 0.5) is 0 Å². The highest BCUT2D eigenvalue weighted by Gasteiger charge is 2.44. The second kappa shape index (κ2) is 9.70. The maximum Gasteiger partial charge on any atom is 0.466 e. The lowest BCUT2D eigenvalue weighted by molar-refractivity contribution is -0.205. The Morgan fingerprint density at radius 3 is 2.58 bits per heavy atom. The van der Waals surface area contributed by atoms with Crippen LogP contribution in [0.3, 0.4) is 0 Å². The number of hydrogen-bond acceptors (Lipinski definition) is 11. The van der Waals surface area contributed by atoms with Gasteiger partial charge in [0, 0.05) is 18.0 Å². The fraction of sp³-hybridized carbons (Fsp3) is 0.471. The van der Waals surface area contributed by atoms with E-state index in [9.17, 15) is 28.8 Å². The van der Waals surface area contributed by atoms with Crippen LogP contribution >= 0.6 is 11.8 Å². The second-order valence-electron chi connectivity index (χ2n) is 6.66. The van der Waals surface area contributed by atoms with Gasteiger partial charge in [-0.15, -0.1) is 0 Å². The fourth-order valence-corrected chi connectivity index (χ4v) is 4.47. The van der Waals surface area contributed by atoms with Crippen molar-refractivity contribution in [3.8, 4) is 0 Å². The van der Waals surface area contributed by atoms with Crippen LogP contribution in [0.15, 0.2) is 35.6 Å². The average Bonchev–Trinajstić information content (AvgIpc) is 3.09. The van der Waals surface area contributed by atoms with Crippen LogP contribution < -0.4 is 4.84 Å². The van der Waals surface area contributed by atoms with Crippen molar-refractivity contribution < 1.29 is 47.3 Å². The lowest BCUT2D eigenvalue weighted by atomic mass is 10.0. The Labute approximate surface area is 181 Å². The molecule has 1 aromatic heterocycles. The molecule has 0 amide bonds. The number of thioether (sulfide) groups is 1. The smallest absolute Gasteiger partial charge is 0.417 e. The fourth-order valence-electron chi connectivity index (χ4n) is 3.16. The summed E-state index contributed by atoms with van der Waals surface area (Å²) in [7, 11) is -3.44. The number of aliphatic hydroxyl groups is 4. The Balaban J connectivity index is 1.91. The summed E-state index contributed by atoms with van der Waals surface area (Å²) in [6.07, 6.45) is -4.30. The molecule has 1 aromatic carbocycles. The number of para-hydroxylation sites is 1. The van der Waals surface area contributed by atoms with Crippen LogP contribution in [-0.2, 0) is 25.8 Å². The molecule has 0 aliphatic carbocycles. The molecule has 1 aliphatic heterocycles. The number of oxime groups is 1. The van der Waals surface area contributed by atoms with Gasteiger partial charge in [-0.3, -0.25) is 4.55 Å². The van der Waals surface area contributed by atoms with E-state index in [-0.39, 0.29) is 11.5 Å². The molecule has 3 rings (SSSR count). The maximum absolute atomic E-state index is 11.0. The highest BCUT2D eigenvalue weighted by atomic mass is 32.3. The summed E-state index contributed by atoms with van der Waals surface area (Å²) in [6, 6.07) is 7.21. The monoisotopic (exact) mass is 478 g/mol. The summed E-state index contributed by atoms with van der Waals surface area (Å²) in [6.45, 7) is -0.628. The molecule has 0 radical (unpaired) electrons. The number of aromatic nitrogens is 1. The maximum atomic E-state index is 11.0. The number of aliphatic hydroxyl groups excluding tert-OH is 4. The molecular weight excluding hydrogens is 456 g/mol. The summed E-state index contributed by atoms with van der Waals surface area (Å²) < 4.78 is 42.0. The van der Waals surface area contributed by atoms with Gasteiger partial charge in [-0.1, -0.05) is 35.1 Å². The van der Waals surface area contributed by atoms with E-state index in [2.05, 4.69) is 9.44 Å². The first-order valence-corrected chi connectivity index (χ1v) is 11.2. The molecule has 1 fully saturated rings. The van der Waals surface area contributed by atoms with E-state index in [1.165, 1.54) is 11.8 Å². The summed E-state index contributed by atoms with van der Waals surface area (Å²) in [5.41, 5.74) is 0.148. The third-order valence-electron chi connectivity index (χ3n) is 4.63. The molecule has 0 saturated carbocycles. The van der Waals surface area contributed by atoms with Gasteiger partial charge in [0.15, 0.2) is 0 Å². The van der Waals surface area contributed by atoms with Crippen molar-refractivity contribution in [2.75, 3.05) is 13.7 Å². The van der Waals surface area contributed by atoms with Gasteiger partial charge in [0.1, 0.15) is 42.0 Å². The standard InChI is InChI=1S/C17H22N2O10S2/c1-27-19-7-9(10-4-2-3-5-11(10)19)6-13(18-29-31(24,25)26)30-17-16(23)15(22)14(21)12(8-20)28-17/h2-5,7,12,14-17,20-23H,6,8H2,1H3,(H,24,25,26)/t12-,14-,15+,16-,17+/m0/s1. The van der Waals surface area contributed by atoms with Gasteiger partial charge in [0.25, 0.3) is 0 Å². The summed E-state index contributed by atoms with van der Waals surface area (Å²) in [4.78, 5) is 5.27. The number of ether oxygens (including phenoxy) is 1. The van der Waals surface area contributed by atoms with Crippen LogP contribution in [0, 0.1) is 0 Å². The van der Waals surface area contributed by atoms with Crippen molar-refractivity contribution in [2.24, 2.45) is 5.16 Å². The van der Waals surface area contributed by atoms with E-state index in [1.807, 2.05) is 0 Å². The zero-order chi connectivity index (χ0) is 22.8. The topological polar surface area (TPSA) is 180 Å². The Bertz CT molecular complexity index is 1040. The van der Waals surface area contributed by atoms with Crippen LogP contribution in [0.1, 0.15) is 5.56 Å². The van der Waals surface area contributed by atoms with Gasteiger partial charge < -0.3 is 30.0 Å². The highest BCUT2D eigenvalue weighted by Crippen LogP contribution is 2.31. The van der Waals surface area contributed by atoms with E-state index in [0.29, 0.717) is 17.3 Å². The largest absolute Gasteiger partial charge is 0.466 e. The SMILES string of the molecule is COn1cc(CC(=NOS(=O)(=O)O)S[C@H]2O[C@@H](CO)[C@H](O)[C@@H](O)[C@@H]2O)c2ccccc21. The van der Waals surface area contributed by atoms with Crippen molar-refractivity contribution >= 4 is 38.1 Å².